The Balaban J connectivity index is 2.07. The molecule has 2 rings (SSSR count). The predicted molar refractivity (Wildman–Crippen MR) is 96.8 cm³/mol. The highest BCUT2D eigenvalue weighted by Crippen LogP contribution is 2.19. The number of amides is 1. The van der Waals surface area contributed by atoms with E-state index in [0.29, 0.717) is 25.3 Å². The van der Waals surface area contributed by atoms with E-state index >= 15 is 0 Å². The molecular formula is C19H24FN3O3. The molecule has 1 atom stereocenters. The SMILES string of the molecule is COCCOc1ncccc1C(=O)NCC(c1cccc(F)c1)N(C)C. The summed E-state index contributed by atoms with van der Waals surface area (Å²) in [7, 11) is 5.33. The number of nitrogens with one attached hydrogen (secondary N) is 1. The summed E-state index contributed by atoms with van der Waals surface area (Å²) in [6, 6.07) is 9.53. The predicted octanol–water partition coefficient (Wildman–Crippen LogP) is 2.28. The molecule has 0 aliphatic rings. The number of halogens is 1. The second-order valence-corrected chi connectivity index (χ2v) is 5.94. The van der Waals surface area contributed by atoms with Crippen LogP contribution in [0.3, 0.4) is 0 Å². The quantitative estimate of drug-likeness (QED) is 0.694. The Bertz CT molecular complexity index is 725. The molecule has 1 unspecified atom stereocenters. The number of benzene rings is 1. The first-order valence-electron chi connectivity index (χ1n) is 8.29. The van der Waals surface area contributed by atoms with Crippen LogP contribution in [-0.4, -0.2) is 56.8 Å². The van der Waals surface area contributed by atoms with E-state index in [1.54, 1.807) is 31.5 Å². The Labute approximate surface area is 152 Å². The van der Waals surface area contributed by atoms with Crippen LogP contribution in [-0.2, 0) is 4.74 Å². The average molecular weight is 361 g/mol. The summed E-state index contributed by atoms with van der Waals surface area (Å²) in [4.78, 5) is 18.6. The smallest absolute Gasteiger partial charge is 0.256 e. The van der Waals surface area contributed by atoms with Crippen molar-refractivity contribution >= 4 is 5.91 Å². The van der Waals surface area contributed by atoms with E-state index < -0.39 is 0 Å². The number of ether oxygens (including phenoxy) is 2. The van der Waals surface area contributed by atoms with Crippen LogP contribution in [0.5, 0.6) is 5.88 Å². The molecule has 0 spiro atoms. The summed E-state index contributed by atoms with van der Waals surface area (Å²) in [5, 5.41) is 2.87. The maximum Gasteiger partial charge on any atom is 0.256 e. The highest BCUT2D eigenvalue weighted by atomic mass is 19.1. The second-order valence-electron chi connectivity index (χ2n) is 5.94. The van der Waals surface area contributed by atoms with Gasteiger partial charge in [-0.1, -0.05) is 12.1 Å². The van der Waals surface area contributed by atoms with Gasteiger partial charge in [0.1, 0.15) is 18.0 Å². The molecular weight excluding hydrogens is 337 g/mol. The number of methoxy groups -OCH3 is 1. The van der Waals surface area contributed by atoms with Crippen molar-refractivity contribution in [3.8, 4) is 5.88 Å². The van der Waals surface area contributed by atoms with Gasteiger partial charge in [0.05, 0.1) is 12.6 Å². The van der Waals surface area contributed by atoms with Crippen molar-refractivity contribution in [1.82, 2.24) is 15.2 Å². The Morgan fingerprint density at radius 3 is 2.77 bits per heavy atom. The number of aromatic nitrogens is 1. The van der Waals surface area contributed by atoms with Gasteiger partial charge in [0, 0.05) is 19.9 Å². The van der Waals surface area contributed by atoms with Gasteiger partial charge in [-0.25, -0.2) is 9.37 Å². The van der Waals surface area contributed by atoms with E-state index in [9.17, 15) is 9.18 Å². The number of rotatable bonds is 9. The van der Waals surface area contributed by atoms with Gasteiger partial charge >= 0.3 is 0 Å². The van der Waals surface area contributed by atoms with Crippen molar-refractivity contribution in [3.63, 3.8) is 0 Å². The van der Waals surface area contributed by atoms with Crippen LogP contribution < -0.4 is 10.1 Å². The number of nitrogens with zero attached hydrogens (tertiary/aromatic N) is 2. The van der Waals surface area contributed by atoms with Crippen molar-refractivity contribution in [3.05, 3.63) is 59.5 Å². The average Bonchev–Trinajstić information content (AvgIpc) is 2.62. The zero-order chi connectivity index (χ0) is 18.9. The van der Waals surface area contributed by atoms with Gasteiger partial charge in [0.15, 0.2) is 0 Å². The van der Waals surface area contributed by atoms with Crippen LogP contribution >= 0.6 is 0 Å². The lowest BCUT2D eigenvalue weighted by atomic mass is 10.1. The van der Waals surface area contributed by atoms with Crippen molar-refractivity contribution in [2.45, 2.75) is 6.04 Å². The summed E-state index contributed by atoms with van der Waals surface area (Å²) >= 11 is 0. The summed E-state index contributed by atoms with van der Waals surface area (Å²) in [6.07, 6.45) is 1.56. The van der Waals surface area contributed by atoms with Crippen LogP contribution in [0.1, 0.15) is 22.0 Å². The molecule has 1 N–H and O–H groups in total. The summed E-state index contributed by atoms with van der Waals surface area (Å²) in [5.74, 6) is -0.343. The van der Waals surface area contributed by atoms with Crippen molar-refractivity contribution in [2.24, 2.45) is 0 Å². The molecule has 26 heavy (non-hydrogen) atoms. The highest BCUT2D eigenvalue weighted by Gasteiger charge is 2.18. The molecule has 6 nitrogen and oxygen atoms in total. The van der Waals surface area contributed by atoms with E-state index in [2.05, 4.69) is 10.3 Å². The number of hydrogen-bond acceptors (Lipinski definition) is 5. The monoisotopic (exact) mass is 361 g/mol. The van der Waals surface area contributed by atoms with Crippen molar-refractivity contribution in [1.29, 1.82) is 0 Å². The van der Waals surface area contributed by atoms with Gasteiger partial charge in [0.25, 0.3) is 5.91 Å². The molecule has 1 heterocycles. The first kappa shape index (κ1) is 19.8. The van der Waals surface area contributed by atoms with Crippen LogP contribution in [0.15, 0.2) is 42.6 Å². The maximum absolute atomic E-state index is 13.5. The van der Waals surface area contributed by atoms with Crippen molar-refractivity contribution < 1.29 is 18.7 Å². The molecule has 1 aromatic heterocycles. The zero-order valence-electron chi connectivity index (χ0n) is 15.2. The maximum atomic E-state index is 13.5. The van der Waals surface area contributed by atoms with Crippen LogP contribution in [0, 0.1) is 5.82 Å². The number of carbonyl (C=O) groups excluding carboxylic acids is 1. The van der Waals surface area contributed by atoms with Crippen LogP contribution in [0.2, 0.25) is 0 Å². The molecule has 140 valence electrons. The van der Waals surface area contributed by atoms with Gasteiger partial charge in [-0.3, -0.25) is 4.79 Å². The fourth-order valence-corrected chi connectivity index (χ4v) is 2.50. The summed E-state index contributed by atoms with van der Waals surface area (Å²) in [5.41, 5.74) is 1.14. The van der Waals surface area contributed by atoms with E-state index in [-0.39, 0.29) is 23.6 Å². The van der Waals surface area contributed by atoms with E-state index in [0.717, 1.165) is 5.56 Å². The van der Waals surface area contributed by atoms with E-state index in [1.807, 2.05) is 25.1 Å². The largest absolute Gasteiger partial charge is 0.475 e. The summed E-state index contributed by atoms with van der Waals surface area (Å²) < 4.78 is 23.9. The zero-order valence-corrected chi connectivity index (χ0v) is 15.2. The lowest BCUT2D eigenvalue weighted by Gasteiger charge is -2.25. The Kier molecular flexibility index (Phi) is 7.50. The molecule has 2 aromatic rings. The van der Waals surface area contributed by atoms with Gasteiger partial charge in [-0.2, -0.15) is 0 Å². The lowest BCUT2D eigenvalue weighted by Crippen LogP contribution is -2.34. The molecule has 1 amide bonds. The van der Waals surface area contributed by atoms with Gasteiger partial charge in [0.2, 0.25) is 5.88 Å². The van der Waals surface area contributed by atoms with Gasteiger partial charge in [-0.05, 0) is 43.9 Å². The van der Waals surface area contributed by atoms with E-state index in [1.165, 1.54) is 12.1 Å². The van der Waals surface area contributed by atoms with E-state index in [4.69, 9.17) is 9.47 Å². The third-order valence-electron chi connectivity index (χ3n) is 3.85. The van der Waals surface area contributed by atoms with Gasteiger partial charge < -0.3 is 19.7 Å². The minimum atomic E-state index is -0.304. The Hall–Kier alpha value is -2.51. The number of pyridine rings is 1. The third-order valence-corrected chi connectivity index (χ3v) is 3.85. The first-order valence-corrected chi connectivity index (χ1v) is 8.29. The molecule has 0 radical (unpaired) electrons. The fourth-order valence-electron chi connectivity index (χ4n) is 2.50. The lowest BCUT2D eigenvalue weighted by molar-refractivity contribution is 0.0932. The topological polar surface area (TPSA) is 63.7 Å². The molecule has 0 saturated heterocycles. The normalized spacial score (nSPS) is 12.0. The molecule has 0 fully saturated rings. The van der Waals surface area contributed by atoms with Crippen molar-refractivity contribution in [2.75, 3.05) is 41.0 Å². The highest BCUT2D eigenvalue weighted by molar-refractivity contribution is 5.96. The van der Waals surface area contributed by atoms with Crippen LogP contribution in [0.25, 0.3) is 0 Å². The Morgan fingerprint density at radius 2 is 2.08 bits per heavy atom. The molecule has 0 bridgehead atoms. The number of carbonyl (C=O) groups is 1. The summed E-state index contributed by atoms with van der Waals surface area (Å²) in [6.45, 7) is 1.03. The number of likely N-dealkylation sites (N-methyl/N-ethyl adjacent to an activating group) is 1. The second kappa shape index (κ2) is 9.84. The minimum absolute atomic E-state index is 0.163. The minimum Gasteiger partial charge on any atom is -0.475 e. The fraction of sp³-hybridized carbons (Fsp3) is 0.368. The Morgan fingerprint density at radius 1 is 1.27 bits per heavy atom. The molecule has 1 aromatic carbocycles. The standard InChI is InChI=1S/C19H24FN3O3/c1-23(2)17(14-6-4-7-15(20)12-14)13-22-18(24)16-8-5-9-21-19(16)26-11-10-25-3/h4-9,12,17H,10-11,13H2,1-3H3,(H,22,24). The molecule has 7 heteroatoms. The number of hydrogen-bond donors (Lipinski definition) is 1. The first-order chi connectivity index (χ1) is 12.5. The van der Waals surface area contributed by atoms with Gasteiger partial charge in [-0.15, -0.1) is 0 Å². The third kappa shape index (κ3) is 5.50. The molecule has 0 aliphatic carbocycles. The molecule has 0 saturated carbocycles. The molecule has 0 aliphatic heterocycles. The van der Waals surface area contributed by atoms with Crippen LogP contribution in [0.4, 0.5) is 4.39 Å².